The summed E-state index contributed by atoms with van der Waals surface area (Å²) in [5, 5.41) is 44.7. The molecule has 1 saturated heterocycles. The normalized spacial score (nSPS) is 25.1. The third kappa shape index (κ3) is 5.23. The van der Waals surface area contributed by atoms with E-state index in [0.29, 0.717) is 43.0 Å². The molecule has 178 valence electrons. The molecule has 1 amide bonds. The van der Waals surface area contributed by atoms with Crippen LogP contribution in [0.5, 0.6) is 0 Å². The van der Waals surface area contributed by atoms with E-state index in [1.807, 2.05) is 0 Å². The standard InChI is InChI=1S/C18H29N7O6S/c1-8(27)10(19)15(30)20-4-2-3-5-21-18-23-14-11(16(32)24-18)22-7-25(14)17-13(29)12(28)9(6-26)31-17/h7-10,12-13,17,26-29H,2-6,19H2,1H3,(H,20,30)(H2,21,23,24,32)/t8?,9-,10?,12?,13?,17-/m1/s1. The van der Waals surface area contributed by atoms with Gasteiger partial charge in [0.15, 0.2) is 10.9 Å². The maximum atomic E-state index is 11.7. The molecule has 3 rings (SSSR count). The van der Waals surface area contributed by atoms with Crippen LogP contribution in [0.1, 0.15) is 26.0 Å². The predicted octanol–water partition coefficient (Wildman–Crippen LogP) is -1.88. The Morgan fingerprint density at radius 3 is 2.75 bits per heavy atom. The number of fused-ring (bicyclic) bond motifs is 1. The second kappa shape index (κ2) is 10.6. The lowest BCUT2D eigenvalue weighted by Crippen LogP contribution is -2.47. The molecule has 0 radical (unpaired) electrons. The maximum absolute atomic E-state index is 11.7. The zero-order valence-electron chi connectivity index (χ0n) is 17.5. The number of unbranched alkanes of at least 4 members (excludes halogenated alkanes) is 1. The first-order chi connectivity index (χ1) is 15.2. The highest BCUT2D eigenvalue weighted by Gasteiger charge is 2.43. The van der Waals surface area contributed by atoms with Crippen molar-refractivity contribution in [3.8, 4) is 0 Å². The van der Waals surface area contributed by atoms with Gasteiger partial charge in [0.25, 0.3) is 0 Å². The zero-order valence-corrected chi connectivity index (χ0v) is 18.3. The van der Waals surface area contributed by atoms with E-state index in [1.165, 1.54) is 17.8 Å². The fraction of sp³-hybridized carbons (Fsp3) is 0.667. The molecule has 0 aromatic carbocycles. The Hall–Kier alpha value is -2.20. The number of aromatic nitrogens is 4. The summed E-state index contributed by atoms with van der Waals surface area (Å²) in [5.41, 5.74) is 6.41. The number of aromatic amines is 1. The van der Waals surface area contributed by atoms with Gasteiger partial charge in [0.05, 0.1) is 19.0 Å². The number of anilines is 1. The number of amides is 1. The number of nitrogens with two attached hydrogens (primary N) is 1. The van der Waals surface area contributed by atoms with Crippen LogP contribution in [-0.4, -0.2) is 96.0 Å². The summed E-state index contributed by atoms with van der Waals surface area (Å²) < 4.78 is 7.31. The third-order valence-electron chi connectivity index (χ3n) is 5.26. The van der Waals surface area contributed by atoms with Crippen molar-refractivity contribution in [1.82, 2.24) is 24.8 Å². The molecule has 4 unspecified atom stereocenters. The summed E-state index contributed by atoms with van der Waals surface area (Å²) in [7, 11) is 0. The number of hydrogen-bond acceptors (Lipinski definition) is 11. The number of H-pyrrole nitrogens is 1. The van der Waals surface area contributed by atoms with Gasteiger partial charge in [-0.15, -0.1) is 0 Å². The van der Waals surface area contributed by atoms with Gasteiger partial charge in [0.1, 0.15) is 35.5 Å². The smallest absolute Gasteiger partial charge is 0.239 e. The van der Waals surface area contributed by atoms with E-state index in [1.54, 1.807) is 0 Å². The van der Waals surface area contributed by atoms with Gasteiger partial charge in [-0.25, -0.2) is 9.97 Å². The highest BCUT2D eigenvalue weighted by atomic mass is 32.1. The van der Waals surface area contributed by atoms with Crippen molar-refractivity contribution in [2.24, 2.45) is 5.73 Å². The highest BCUT2D eigenvalue weighted by molar-refractivity contribution is 7.71. The van der Waals surface area contributed by atoms with E-state index in [4.69, 9.17) is 22.7 Å². The second-order valence-corrected chi connectivity index (χ2v) is 8.05. The molecule has 2 aromatic heterocycles. The SMILES string of the molecule is CC(O)C(N)C(=O)NCCCCNc1nc(=S)c2ncn([C@@H]3O[C@H](CO)C(O)C3O)c2[nH]1. The molecule has 9 N–H and O–H groups in total. The molecular weight excluding hydrogens is 442 g/mol. The molecule has 1 fully saturated rings. The van der Waals surface area contributed by atoms with E-state index in [-0.39, 0.29) is 4.64 Å². The number of nitrogens with one attached hydrogen (secondary N) is 3. The number of aliphatic hydroxyl groups excluding tert-OH is 4. The van der Waals surface area contributed by atoms with Crippen molar-refractivity contribution in [3.63, 3.8) is 0 Å². The van der Waals surface area contributed by atoms with Crippen molar-refractivity contribution in [2.45, 2.75) is 56.5 Å². The minimum Gasteiger partial charge on any atom is -0.394 e. The molecule has 1 aliphatic heterocycles. The highest BCUT2D eigenvalue weighted by Crippen LogP contribution is 2.31. The van der Waals surface area contributed by atoms with E-state index < -0.39 is 49.2 Å². The zero-order chi connectivity index (χ0) is 23.4. The van der Waals surface area contributed by atoms with Crippen LogP contribution in [0.4, 0.5) is 5.95 Å². The lowest BCUT2D eigenvalue weighted by Gasteiger charge is -2.17. The van der Waals surface area contributed by atoms with E-state index in [0.717, 1.165) is 0 Å². The Labute approximate surface area is 188 Å². The van der Waals surface area contributed by atoms with Crippen molar-refractivity contribution >= 4 is 35.2 Å². The summed E-state index contributed by atoms with van der Waals surface area (Å²) in [6, 6.07) is -0.954. The van der Waals surface area contributed by atoms with Crippen molar-refractivity contribution in [2.75, 3.05) is 25.0 Å². The number of nitrogens with zero attached hydrogens (tertiary/aromatic N) is 3. The van der Waals surface area contributed by atoms with Gasteiger partial charge in [-0.05, 0) is 19.8 Å². The molecule has 6 atom stereocenters. The number of hydrogen-bond donors (Lipinski definition) is 8. The predicted molar refractivity (Wildman–Crippen MR) is 116 cm³/mol. The van der Waals surface area contributed by atoms with Crippen LogP contribution in [0.2, 0.25) is 0 Å². The van der Waals surface area contributed by atoms with Gasteiger partial charge < -0.3 is 46.5 Å². The molecule has 13 nitrogen and oxygen atoms in total. The Kier molecular flexibility index (Phi) is 8.10. The molecule has 3 heterocycles. The first kappa shape index (κ1) is 24.4. The third-order valence-corrected chi connectivity index (χ3v) is 5.54. The molecule has 14 heteroatoms. The first-order valence-electron chi connectivity index (χ1n) is 10.3. The summed E-state index contributed by atoms with van der Waals surface area (Å²) in [5.74, 6) is -0.0153. The summed E-state index contributed by atoms with van der Waals surface area (Å²) >= 11 is 5.30. The van der Waals surface area contributed by atoms with E-state index in [2.05, 4.69) is 25.6 Å². The maximum Gasteiger partial charge on any atom is 0.239 e. The average Bonchev–Trinajstić information content (AvgIpc) is 3.31. The summed E-state index contributed by atoms with van der Waals surface area (Å²) in [4.78, 5) is 23.2. The first-order valence-corrected chi connectivity index (χ1v) is 10.7. The number of aliphatic hydroxyl groups is 4. The van der Waals surface area contributed by atoms with Gasteiger partial charge in [-0.2, -0.15) is 0 Å². The number of carbonyl (C=O) groups excluding carboxylic acids is 1. The number of imidazole rings is 1. The molecular formula is C18H29N7O6S. The van der Waals surface area contributed by atoms with E-state index in [9.17, 15) is 25.2 Å². The van der Waals surface area contributed by atoms with Crippen LogP contribution in [0.25, 0.3) is 11.2 Å². The van der Waals surface area contributed by atoms with Crippen LogP contribution in [-0.2, 0) is 9.53 Å². The van der Waals surface area contributed by atoms with Crippen LogP contribution >= 0.6 is 12.2 Å². The Morgan fingerprint density at radius 1 is 1.38 bits per heavy atom. The monoisotopic (exact) mass is 471 g/mol. The summed E-state index contributed by atoms with van der Waals surface area (Å²) in [6.07, 6.45) is -2.47. The molecule has 0 bridgehead atoms. The topological polar surface area (TPSA) is 204 Å². The van der Waals surface area contributed by atoms with Gasteiger partial charge in [0, 0.05) is 13.1 Å². The molecule has 1 aliphatic rings. The minimum absolute atomic E-state index is 0.242. The van der Waals surface area contributed by atoms with Crippen molar-refractivity contribution in [3.05, 3.63) is 11.0 Å². The van der Waals surface area contributed by atoms with Crippen molar-refractivity contribution in [1.29, 1.82) is 0 Å². The molecule has 32 heavy (non-hydrogen) atoms. The molecule has 2 aromatic rings. The lowest BCUT2D eigenvalue weighted by molar-refractivity contribution is -0.124. The average molecular weight is 472 g/mol. The largest absolute Gasteiger partial charge is 0.394 e. The van der Waals surface area contributed by atoms with Crippen LogP contribution < -0.4 is 16.4 Å². The van der Waals surface area contributed by atoms with Crippen molar-refractivity contribution < 1.29 is 30.0 Å². The van der Waals surface area contributed by atoms with Gasteiger partial charge in [-0.1, -0.05) is 12.2 Å². The Balaban J connectivity index is 1.59. The Bertz CT molecular complexity index is 982. The van der Waals surface area contributed by atoms with Crippen LogP contribution in [0, 0.1) is 4.64 Å². The molecule has 0 saturated carbocycles. The number of ether oxygens (including phenoxy) is 1. The van der Waals surface area contributed by atoms with Crippen LogP contribution in [0.3, 0.4) is 0 Å². The number of rotatable bonds is 10. The fourth-order valence-corrected chi connectivity index (χ4v) is 3.57. The van der Waals surface area contributed by atoms with Crippen LogP contribution in [0.15, 0.2) is 6.33 Å². The quantitative estimate of drug-likeness (QED) is 0.142. The second-order valence-electron chi connectivity index (χ2n) is 7.66. The molecule has 0 spiro atoms. The van der Waals surface area contributed by atoms with E-state index >= 15 is 0 Å². The van der Waals surface area contributed by atoms with Gasteiger partial charge in [0.2, 0.25) is 11.9 Å². The Morgan fingerprint density at radius 2 is 2.09 bits per heavy atom. The summed E-state index contributed by atoms with van der Waals surface area (Å²) in [6.45, 7) is 1.98. The number of carbonyl (C=O) groups is 1. The lowest BCUT2D eigenvalue weighted by atomic mass is 10.1. The van der Waals surface area contributed by atoms with Gasteiger partial charge in [-0.3, -0.25) is 9.36 Å². The van der Waals surface area contributed by atoms with Gasteiger partial charge >= 0.3 is 0 Å². The molecule has 0 aliphatic carbocycles. The fourth-order valence-electron chi connectivity index (χ4n) is 3.33. The minimum atomic E-state index is -1.26.